The summed E-state index contributed by atoms with van der Waals surface area (Å²) < 4.78 is 87.9. The second-order valence-corrected chi connectivity index (χ2v) is 23.5. The predicted molar refractivity (Wildman–Crippen MR) is 375 cm³/mol. The Morgan fingerprint density at radius 1 is 0.500 bits per heavy atom. The minimum absolute atomic E-state index is 0.0368. The van der Waals surface area contributed by atoms with Crippen molar-refractivity contribution in [2.75, 3.05) is 48.7 Å². The molecule has 0 bridgehead atoms. The smallest absolute Gasteiger partial charge is 0.387 e. The number of nitrogens with zero attached hydrogens (tertiary/aromatic N) is 4. The number of nitrogens with two attached hydrogens (primary N) is 2. The number of thiazole rings is 1. The Balaban J connectivity index is 0.000000244. The van der Waals surface area contributed by atoms with Crippen LogP contribution in [-0.2, 0) is 0 Å². The third kappa shape index (κ3) is 24.4. The molecule has 3 aromatic heterocycles. The first-order chi connectivity index (χ1) is 46.7. The summed E-state index contributed by atoms with van der Waals surface area (Å²) in [6.45, 7) is 13.6. The summed E-state index contributed by atoms with van der Waals surface area (Å²) in [5.41, 5.74) is 20.7. The highest BCUT2D eigenvalue weighted by Crippen LogP contribution is 2.37. The number of carbonyl (C=O) groups is 3. The third-order valence-corrected chi connectivity index (χ3v) is 15.5. The fourth-order valence-electron chi connectivity index (χ4n) is 9.12. The minimum atomic E-state index is -2.96. The summed E-state index contributed by atoms with van der Waals surface area (Å²) in [5.74, 6) is 2.89. The van der Waals surface area contributed by atoms with E-state index in [0.29, 0.717) is 35.4 Å². The van der Waals surface area contributed by atoms with E-state index in [1.165, 1.54) is 22.6 Å². The number of carbonyl (C=O) groups excluding carboxylic acids is 3. The minimum Gasteiger partial charge on any atom is -0.496 e. The summed E-state index contributed by atoms with van der Waals surface area (Å²) in [5, 5.41) is 26.2. The van der Waals surface area contributed by atoms with Crippen molar-refractivity contribution in [1.82, 2.24) is 25.7 Å². The summed E-state index contributed by atoms with van der Waals surface area (Å²) in [7, 11) is 8.27. The average Bonchev–Trinajstić information content (AvgIpc) is 1.37. The molecule has 0 unspecified atom stereocenters. The maximum Gasteiger partial charge on any atom is 0.387 e. The van der Waals surface area contributed by atoms with Gasteiger partial charge in [0.25, 0.3) is 17.7 Å². The van der Waals surface area contributed by atoms with E-state index in [1.807, 2.05) is 152 Å². The fourth-order valence-corrected chi connectivity index (χ4v) is 10.6. The van der Waals surface area contributed by atoms with Gasteiger partial charge >= 0.3 is 13.2 Å². The zero-order chi connectivity index (χ0) is 72.6. The third-order valence-electron chi connectivity index (χ3n) is 13.7. The monoisotopic (exact) mass is 1390 g/mol. The van der Waals surface area contributed by atoms with Gasteiger partial charge in [0.1, 0.15) is 50.3 Å². The molecule has 3 heterocycles. The molecular weight excluding hydrogens is 1310 g/mol. The molecule has 7 aromatic carbocycles. The van der Waals surface area contributed by atoms with Crippen LogP contribution in [0.1, 0.15) is 92.0 Å². The first kappa shape index (κ1) is 80.1. The highest BCUT2D eigenvalue weighted by Gasteiger charge is 2.19. The standard InChI is InChI=1S/C12H17NO3.C12H13NO2.C12H13NOS.C11H12N2OS.2C9H9F2NO2.C8H10O/c1-9-5-3-6-10(11(9)16-2)12(15)13-7-4-8-14;1-8-5-4-6-10(12(8)14-3)11-7-9(2)13-15-11;1-8-5-4-6-10(11(8)14-3)12-13-7-9(2)15-12;1-7-5-4-6-9(10(7)14-3)11-13-12-8(2)15-11;2*1-5-3-2-4-6(8(12)13)7(5)14-9(10)11;1-7-5-3-4-6-8(7)9-2/h3,5-6,14H,4,7-8H2,1-2H3,(H,13,15);2*4-7H,1-3H3;4-6H,1-3H3;2*2-4,9H,1H3,(H2,12,13);3-6H,1-2H3. The van der Waals surface area contributed by atoms with Gasteiger partial charge in [-0.25, -0.2) is 4.98 Å². The second kappa shape index (κ2) is 40.9. The quantitative estimate of drug-likeness (QED) is 0.0459. The molecule has 3 amide bonds. The Labute approximate surface area is 576 Å². The number of halogens is 4. The molecule has 10 aromatic rings. The van der Waals surface area contributed by atoms with Crippen LogP contribution < -0.4 is 49.9 Å². The molecule has 522 valence electrons. The Morgan fingerprint density at radius 2 is 0.918 bits per heavy atom. The van der Waals surface area contributed by atoms with E-state index in [4.69, 9.17) is 44.8 Å². The summed E-state index contributed by atoms with van der Waals surface area (Å²) >= 11 is 3.26. The van der Waals surface area contributed by atoms with Crippen molar-refractivity contribution < 1.29 is 74.7 Å². The number of ether oxygens (including phenoxy) is 7. The fraction of sp³-hybridized carbons (Fsp3) is 0.274. The Morgan fingerprint density at radius 3 is 1.30 bits per heavy atom. The highest BCUT2D eigenvalue weighted by atomic mass is 32.1. The number of hydrogen-bond acceptors (Lipinski definition) is 18. The molecule has 98 heavy (non-hydrogen) atoms. The van der Waals surface area contributed by atoms with E-state index in [0.717, 1.165) is 88.4 Å². The molecule has 0 saturated heterocycles. The van der Waals surface area contributed by atoms with Gasteiger partial charge in [-0.05, 0) is 157 Å². The predicted octanol–water partition coefficient (Wildman–Crippen LogP) is 15.7. The van der Waals surface area contributed by atoms with Crippen LogP contribution in [0.3, 0.4) is 0 Å². The van der Waals surface area contributed by atoms with Crippen molar-refractivity contribution in [3.63, 3.8) is 0 Å². The van der Waals surface area contributed by atoms with Crippen molar-refractivity contribution in [3.8, 4) is 72.7 Å². The number of aryl methyl sites for hydroxylation is 10. The molecule has 0 radical (unpaired) electrons. The number of rotatable bonds is 18. The van der Waals surface area contributed by atoms with Gasteiger partial charge in [0, 0.05) is 30.3 Å². The molecular formula is C73H83F4N7O12S2. The van der Waals surface area contributed by atoms with Crippen LogP contribution in [0.15, 0.2) is 150 Å². The van der Waals surface area contributed by atoms with Gasteiger partial charge in [-0.1, -0.05) is 107 Å². The lowest BCUT2D eigenvalue weighted by atomic mass is 10.1. The van der Waals surface area contributed by atoms with E-state index in [2.05, 4.69) is 42.1 Å². The molecule has 0 spiro atoms. The maximum atomic E-state index is 12.0. The SMILES string of the molecule is COc1c(C)cccc1-c1cc(C)no1.COc1c(C)cccc1-c1ncc(C)s1.COc1c(C)cccc1-c1nnc(C)s1.COc1c(C)cccc1C(=O)NCCCO.COc1ccccc1C.Cc1cccc(C(N)=O)c1OC(F)F.Cc1cccc(C(N)=O)c1OC(F)F. The second-order valence-electron chi connectivity index (χ2n) is 21.0. The van der Waals surface area contributed by atoms with E-state index < -0.39 is 25.0 Å². The van der Waals surface area contributed by atoms with Crippen LogP contribution in [0.5, 0.6) is 40.2 Å². The van der Waals surface area contributed by atoms with Crippen molar-refractivity contribution in [2.24, 2.45) is 11.5 Å². The zero-order valence-electron chi connectivity index (χ0n) is 57.3. The van der Waals surface area contributed by atoms with Crippen molar-refractivity contribution in [1.29, 1.82) is 0 Å². The molecule has 0 aliphatic heterocycles. The van der Waals surface area contributed by atoms with Crippen LogP contribution in [0.25, 0.3) is 32.5 Å². The van der Waals surface area contributed by atoms with Gasteiger partial charge in [0.05, 0.1) is 74.6 Å². The lowest BCUT2D eigenvalue weighted by Gasteiger charge is -2.11. The van der Waals surface area contributed by atoms with Crippen LogP contribution >= 0.6 is 22.7 Å². The van der Waals surface area contributed by atoms with E-state index in [9.17, 15) is 31.9 Å². The number of nitrogens with one attached hydrogen (secondary N) is 1. The normalized spacial score (nSPS) is 10.1. The molecule has 0 aliphatic carbocycles. The first-order valence-electron chi connectivity index (χ1n) is 30.1. The Hall–Kier alpha value is -10.4. The number of primary amides is 2. The zero-order valence-corrected chi connectivity index (χ0v) is 59.0. The van der Waals surface area contributed by atoms with Gasteiger partial charge in [0.15, 0.2) is 10.8 Å². The molecule has 19 nitrogen and oxygen atoms in total. The number of methoxy groups -OCH3 is 5. The number of aliphatic hydroxyl groups is 1. The maximum absolute atomic E-state index is 12.0. The van der Waals surface area contributed by atoms with E-state index in [1.54, 1.807) is 102 Å². The topological polar surface area (TPSA) is 265 Å². The molecule has 0 saturated carbocycles. The van der Waals surface area contributed by atoms with Gasteiger partial charge in [-0.15, -0.1) is 21.5 Å². The summed E-state index contributed by atoms with van der Waals surface area (Å²) in [6, 6.07) is 42.3. The number of aromatic nitrogens is 4. The number of alkyl halides is 4. The van der Waals surface area contributed by atoms with Crippen molar-refractivity contribution in [2.45, 2.75) is 88.9 Å². The molecule has 0 fully saturated rings. The van der Waals surface area contributed by atoms with Crippen LogP contribution in [-0.4, -0.2) is 105 Å². The van der Waals surface area contributed by atoms with Crippen LogP contribution in [0, 0.1) is 69.2 Å². The number of hydrogen-bond donors (Lipinski definition) is 4. The number of aliphatic hydroxyl groups excluding tert-OH is 1. The first-order valence-corrected chi connectivity index (χ1v) is 31.8. The lowest BCUT2D eigenvalue weighted by molar-refractivity contribution is -0.0513. The molecule has 0 atom stereocenters. The van der Waals surface area contributed by atoms with E-state index in [-0.39, 0.29) is 35.1 Å². The molecule has 0 aliphatic rings. The molecule has 10 rings (SSSR count). The Kier molecular flexibility index (Phi) is 33.4. The van der Waals surface area contributed by atoms with Gasteiger partial charge in [-0.2, -0.15) is 17.6 Å². The number of amides is 3. The largest absolute Gasteiger partial charge is 0.496 e. The summed E-state index contributed by atoms with van der Waals surface area (Å²) in [4.78, 5) is 39.1. The summed E-state index contributed by atoms with van der Waals surface area (Å²) in [6.07, 6.45) is 2.45. The van der Waals surface area contributed by atoms with Gasteiger partial charge in [-0.3, -0.25) is 14.4 Å². The lowest BCUT2D eigenvalue weighted by Crippen LogP contribution is -2.25. The van der Waals surface area contributed by atoms with Crippen LogP contribution in [0.4, 0.5) is 17.6 Å². The average molecular weight is 1390 g/mol. The van der Waals surface area contributed by atoms with Crippen molar-refractivity contribution in [3.05, 3.63) is 217 Å². The molecule has 6 N–H and O–H groups in total. The van der Waals surface area contributed by atoms with Crippen LogP contribution in [0.2, 0.25) is 0 Å². The van der Waals surface area contributed by atoms with E-state index >= 15 is 0 Å². The molecule has 25 heteroatoms. The van der Waals surface area contributed by atoms with Gasteiger partial charge < -0.3 is 59.6 Å². The van der Waals surface area contributed by atoms with Crippen molar-refractivity contribution >= 4 is 40.4 Å². The Bertz CT molecular complexity index is 3880. The number of para-hydroxylation sites is 7. The van der Waals surface area contributed by atoms with Gasteiger partial charge in [0.2, 0.25) is 0 Å². The number of benzene rings is 7. The highest BCUT2D eigenvalue weighted by molar-refractivity contribution is 7.15.